The molecular formula is C21H30N10S2. The molecule has 12 heteroatoms. The van der Waals surface area contributed by atoms with Gasteiger partial charge in [0.05, 0.1) is 13.1 Å². The largest absolute Gasteiger partial charge is 0.354 e. The zero-order chi connectivity index (χ0) is 23.4. The lowest BCUT2D eigenvalue weighted by Crippen LogP contribution is -2.17. The first-order valence-corrected chi connectivity index (χ1v) is 12.3. The van der Waals surface area contributed by atoms with Gasteiger partial charge in [0.25, 0.3) is 0 Å². The van der Waals surface area contributed by atoms with Crippen LogP contribution in [0.1, 0.15) is 19.5 Å². The SMILES string of the molecule is Cc1ccc(CN(C)c2n[nH]c(NCCc3ccc(CNc4nnc(N(C)C)n4C)s3)n2)s1. The number of hydrogen-bond donors (Lipinski definition) is 3. The Labute approximate surface area is 201 Å². The third kappa shape index (κ3) is 5.82. The highest BCUT2D eigenvalue weighted by atomic mass is 32.1. The number of thiophene rings is 2. The Balaban J connectivity index is 1.22. The Bertz CT molecular complexity index is 1170. The van der Waals surface area contributed by atoms with Crippen LogP contribution >= 0.6 is 22.7 Å². The molecule has 0 amide bonds. The van der Waals surface area contributed by atoms with E-state index in [1.54, 1.807) is 22.7 Å². The number of nitrogens with one attached hydrogen (secondary N) is 3. The molecule has 0 unspecified atom stereocenters. The van der Waals surface area contributed by atoms with Crippen molar-refractivity contribution in [2.75, 3.05) is 48.1 Å². The van der Waals surface area contributed by atoms with Gasteiger partial charge in [0, 0.05) is 54.2 Å². The zero-order valence-electron chi connectivity index (χ0n) is 19.6. The van der Waals surface area contributed by atoms with Crippen molar-refractivity contribution in [2.45, 2.75) is 26.4 Å². The third-order valence-corrected chi connectivity index (χ3v) is 7.19. The highest BCUT2D eigenvalue weighted by molar-refractivity contribution is 7.12. The van der Waals surface area contributed by atoms with Crippen LogP contribution in [0.25, 0.3) is 0 Å². The van der Waals surface area contributed by atoms with Gasteiger partial charge in [-0.1, -0.05) is 0 Å². The Kier molecular flexibility index (Phi) is 7.14. The Morgan fingerprint density at radius 3 is 2.52 bits per heavy atom. The van der Waals surface area contributed by atoms with E-state index in [0.29, 0.717) is 11.9 Å². The fourth-order valence-electron chi connectivity index (χ4n) is 3.36. The van der Waals surface area contributed by atoms with E-state index in [1.165, 1.54) is 19.5 Å². The van der Waals surface area contributed by atoms with Crippen LogP contribution in [0.4, 0.5) is 23.8 Å². The van der Waals surface area contributed by atoms with Crippen LogP contribution in [0.5, 0.6) is 0 Å². The first-order chi connectivity index (χ1) is 15.9. The van der Waals surface area contributed by atoms with Crippen LogP contribution < -0.4 is 20.4 Å². The Hall–Kier alpha value is -3.12. The number of aryl methyl sites for hydroxylation is 1. The summed E-state index contributed by atoms with van der Waals surface area (Å²) in [6.07, 6.45) is 0.916. The number of H-pyrrole nitrogens is 1. The third-order valence-electron chi connectivity index (χ3n) is 5.06. The molecule has 4 aromatic heterocycles. The second-order valence-electron chi connectivity index (χ2n) is 8.03. The van der Waals surface area contributed by atoms with E-state index in [4.69, 9.17) is 0 Å². The van der Waals surface area contributed by atoms with Gasteiger partial charge in [-0.15, -0.1) is 38.0 Å². The molecule has 3 N–H and O–H groups in total. The lowest BCUT2D eigenvalue weighted by molar-refractivity contribution is 0.864. The van der Waals surface area contributed by atoms with Crippen molar-refractivity contribution < 1.29 is 0 Å². The van der Waals surface area contributed by atoms with Crippen LogP contribution in [0, 0.1) is 6.92 Å². The first kappa shape index (κ1) is 23.1. The molecule has 0 saturated carbocycles. The molecule has 0 aliphatic heterocycles. The van der Waals surface area contributed by atoms with Crippen LogP contribution in [0.3, 0.4) is 0 Å². The van der Waals surface area contributed by atoms with Crippen molar-refractivity contribution in [1.29, 1.82) is 0 Å². The number of anilines is 4. The van der Waals surface area contributed by atoms with Gasteiger partial charge in [0.15, 0.2) is 0 Å². The maximum absolute atomic E-state index is 4.56. The van der Waals surface area contributed by atoms with Crippen molar-refractivity contribution >= 4 is 46.5 Å². The lowest BCUT2D eigenvalue weighted by atomic mass is 10.3. The highest BCUT2D eigenvalue weighted by Gasteiger charge is 2.11. The molecule has 33 heavy (non-hydrogen) atoms. The van der Waals surface area contributed by atoms with Gasteiger partial charge < -0.3 is 20.4 Å². The fraction of sp³-hybridized carbons (Fsp3) is 0.429. The fourth-order valence-corrected chi connectivity index (χ4v) is 5.26. The van der Waals surface area contributed by atoms with Gasteiger partial charge in [-0.2, -0.15) is 4.98 Å². The Morgan fingerprint density at radius 1 is 1.00 bits per heavy atom. The van der Waals surface area contributed by atoms with Crippen molar-refractivity contribution in [3.05, 3.63) is 43.8 Å². The number of aromatic nitrogens is 6. The topological polar surface area (TPSA) is 103 Å². The molecule has 0 saturated heterocycles. The number of rotatable bonds is 11. The zero-order valence-corrected chi connectivity index (χ0v) is 21.2. The van der Waals surface area contributed by atoms with E-state index < -0.39 is 0 Å². The summed E-state index contributed by atoms with van der Waals surface area (Å²) in [6.45, 7) is 4.42. The summed E-state index contributed by atoms with van der Waals surface area (Å²) in [7, 11) is 7.87. The highest BCUT2D eigenvalue weighted by Crippen LogP contribution is 2.21. The summed E-state index contributed by atoms with van der Waals surface area (Å²) in [5.41, 5.74) is 0. The predicted molar refractivity (Wildman–Crippen MR) is 137 cm³/mol. The summed E-state index contributed by atoms with van der Waals surface area (Å²) in [4.78, 5) is 13.7. The van der Waals surface area contributed by atoms with Crippen molar-refractivity contribution in [3.63, 3.8) is 0 Å². The molecule has 0 spiro atoms. The predicted octanol–water partition coefficient (Wildman–Crippen LogP) is 3.33. The van der Waals surface area contributed by atoms with Gasteiger partial charge in [0.1, 0.15) is 0 Å². The van der Waals surface area contributed by atoms with Crippen LogP contribution in [-0.4, -0.2) is 57.6 Å². The van der Waals surface area contributed by atoms with Gasteiger partial charge in [-0.25, -0.2) is 5.10 Å². The summed E-state index contributed by atoms with van der Waals surface area (Å²) < 4.78 is 1.95. The maximum atomic E-state index is 4.56. The molecule has 10 nitrogen and oxygen atoms in total. The van der Waals surface area contributed by atoms with Crippen molar-refractivity contribution in [3.8, 4) is 0 Å². The molecule has 4 aromatic rings. The normalized spacial score (nSPS) is 11.1. The second kappa shape index (κ2) is 10.2. The Morgan fingerprint density at radius 2 is 1.79 bits per heavy atom. The van der Waals surface area contributed by atoms with Gasteiger partial charge in [-0.3, -0.25) is 4.57 Å². The number of aromatic amines is 1. The molecule has 0 fully saturated rings. The quantitative estimate of drug-likeness (QED) is 0.297. The summed E-state index contributed by atoms with van der Waals surface area (Å²) in [6, 6.07) is 8.63. The van der Waals surface area contributed by atoms with Gasteiger partial charge >= 0.3 is 0 Å². The van der Waals surface area contributed by atoms with Crippen LogP contribution in [0.2, 0.25) is 0 Å². The molecule has 0 aromatic carbocycles. The van der Waals surface area contributed by atoms with Gasteiger partial charge in [0.2, 0.25) is 23.8 Å². The monoisotopic (exact) mass is 486 g/mol. The van der Waals surface area contributed by atoms with E-state index >= 15 is 0 Å². The number of nitrogens with zero attached hydrogens (tertiary/aromatic N) is 7. The van der Waals surface area contributed by atoms with Gasteiger partial charge in [-0.05, 0) is 37.6 Å². The lowest BCUT2D eigenvalue weighted by Gasteiger charge is -2.12. The maximum Gasteiger partial charge on any atom is 0.246 e. The van der Waals surface area contributed by atoms with E-state index in [0.717, 1.165) is 38.0 Å². The molecule has 0 aliphatic carbocycles. The smallest absolute Gasteiger partial charge is 0.246 e. The standard InChI is InChI=1S/C21H30N10S2/c1-14-6-7-17(32-14)13-30(4)20-24-18(25-27-20)22-11-10-15-8-9-16(33-15)12-23-19-26-28-21(29(2)3)31(19)5/h6-9H,10-13H2,1-5H3,(H,23,26)(H2,22,24,25,27). The van der Waals surface area contributed by atoms with Crippen LogP contribution in [0.15, 0.2) is 24.3 Å². The molecule has 0 radical (unpaired) electrons. The van der Waals surface area contributed by atoms with E-state index in [9.17, 15) is 0 Å². The second-order valence-corrected chi connectivity index (χ2v) is 10.7. The molecular weight excluding hydrogens is 456 g/mol. The van der Waals surface area contributed by atoms with E-state index in [1.807, 2.05) is 42.6 Å². The van der Waals surface area contributed by atoms with Crippen LogP contribution in [-0.2, 0) is 26.6 Å². The average Bonchev–Trinajstić information content (AvgIpc) is 3.55. The minimum atomic E-state index is 0.689. The minimum Gasteiger partial charge on any atom is -0.354 e. The molecule has 4 rings (SSSR count). The van der Waals surface area contributed by atoms with Crippen molar-refractivity contribution in [2.24, 2.45) is 7.05 Å². The number of hydrogen-bond acceptors (Lipinski definition) is 10. The molecule has 0 bridgehead atoms. The molecule has 4 heterocycles. The van der Waals surface area contributed by atoms with E-state index in [-0.39, 0.29) is 0 Å². The van der Waals surface area contributed by atoms with Crippen molar-refractivity contribution in [1.82, 2.24) is 29.9 Å². The minimum absolute atomic E-state index is 0.689. The summed E-state index contributed by atoms with van der Waals surface area (Å²) >= 11 is 3.60. The molecule has 176 valence electrons. The molecule has 0 aliphatic rings. The summed E-state index contributed by atoms with van der Waals surface area (Å²) in [5, 5.41) is 22.4. The van der Waals surface area contributed by atoms with E-state index in [2.05, 4.69) is 67.2 Å². The first-order valence-electron chi connectivity index (χ1n) is 10.7. The summed E-state index contributed by atoms with van der Waals surface area (Å²) in [5.74, 6) is 2.96. The molecule has 0 atom stereocenters. The average molecular weight is 487 g/mol.